The van der Waals surface area contributed by atoms with Crippen LogP contribution in [0.4, 0.5) is 5.69 Å². The van der Waals surface area contributed by atoms with E-state index in [0.29, 0.717) is 22.9 Å². The maximum atomic E-state index is 12.9. The minimum atomic E-state index is -0.426. The first kappa shape index (κ1) is 18.9. The Bertz CT molecular complexity index is 1060. The molecule has 0 unspecified atom stereocenters. The van der Waals surface area contributed by atoms with Crippen LogP contribution in [0.1, 0.15) is 32.9 Å². The van der Waals surface area contributed by atoms with Gasteiger partial charge in [0.1, 0.15) is 5.56 Å². The highest BCUT2D eigenvalue weighted by molar-refractivity contribution is 6.31. The van der Waals surface area contributed by atoms with Gasteiger partial charge in [-0.25, -0.2) is 0 Å². The molecule has 0 aliphatic rings. The molecular weight excluding hydrogens is 360 g/mol. The molecule has 3 aromatic rings. The highest BCUT2D eigenvalue weighted by Gasteiger charge is 2.18. The van der Waals surface area contributed by atoms with Crippen LogP contribution in [0.5, 0.6) is 0 Å². The summed E-state index contributed by atoms with van der Waals surface area (Å²) in [6.07, 6.45) is 0. The third-order valence-corrected chi connectivity index (χ3v) is 4.87. The van der Waals surface area contributed by atoms with Crippen molar-refractivity contribution in [2.45, 2.75) is 27.3 Å². The number of rotatable bonds is 4. The number of pyridine rings is 1. The molecule has 0 radical (unpaired) electrons. The lowest BCUT2D eigenvalue weighted by atomic mass is 10.1. The van der Waals surface area contributed by atoms with Crippen molar-refractivity contribution in [3.05, 3.63) is 97.9 Å². The van der Waals surface area contributed by atoms with Crippen LogP contribution in [0.3, 0.4) is 0 Å². The van der Waals surface area contributed by atoms with Gasteiger partial charge in [-0.05, 0) is 44.0 Å². The average molecular weight is 381 g/mol. The molecule has 3 rings (SSSR count). The van der Waals surface area contributed by atoms with E-state index in [1.165, 1.54) is 6.07 Å². The number of nitrogens with one attached hydrogen (secondary N) is 1. The first-order chi connectivity index (χ1) is 12.9. The fraction of sp³-hybridized carbons (Fsp3) is 0.182. The number of hydrogen-bond donors (Lipinski definition) is 1. The first-order valence-electron chi connectivity index (χ1n) is 8.69. The SMILES string of the molecule is Cc1ccc(Cl)cc1NC(=O)c1c(C)n(Cc2ccccc2)c(C)cc1=O. The average Bonchev–Trinajstić information content (AvgIpc) is 2.62. The number of aromatic nitrogens is 1. The van der Waals surface area contributed by atoms with E-state index in [1.807, 2.05) is 54.8 Å². The van der Waals surface area contributed by atoms with Gasteiger partial charge in [-0.3, -0.25) is 9.59 Å². The lowest BCUT2D eigenvalue weighted by molar-refractivity contribution is 0.102. The van der Waals surface area contributed by atoms with Crippen molar-refractivity contribution in [3.63, 3.8) is 0 Å². The summed E-state index contributed by atoms with van der Waals surface area (Å²) in [5, 5.41) is 3.35. The topological polar surface area (TPSA) is 51.1 Å². The van der Waals surface area contributed by atoms with Gasteiger partial charge < -0.3 is 9.88 Å². The Morgan fingerprint density at radius 1 is 1.04 bits per heavy atom. The van der Waals surface area contributed by atoms with Gasteiger partial charge in [0, 0.05) is 34.7 Å². The van der Waals surface area contributed by atoms with Crippen LogP contribution in [0, 0.1) is 20.8 Å². The van der Waals surface area contributed by atoms with Crippen LogP contribution >= 0.6 is 11.6 Å². The van der Waals surface area contributed by atoms with Gasteiger partial charge in [-0.15, -0.1) is 0 Å². The van der Waals surface area contributed by atoms with Crippen molar-refractivity contribution in [3.8, 4) is 0 Å². The summed E-state index contributed by atoms with van der Waals surface area (Å²) in [5.41, 5.74) is 3.90. The second-order valence-corrected chi connectivity index (χ2v) is 7.03. The standard InChI is InChI=1S/C22H21ClN2O2/c1-14-9-10-18(23)12-19(14)24-22(27)21-16(3)25(15(2)11-20(21)26)13-17-7-5-4-6-8-17/h4-12H,13H2,1-3H3,(H,24,27). The van der Waals surface area contributed by atoms with Gasteiger partial charge in [0.2, 0.25) is 0 Å². The molecule has 0 aliphatic heterocycles. The van der Waals surface area contributed by atoms with Crippen molar-refractivity contribution in [1.82, 2.24) is 4.57 Å². The van der Waals surface area contributed by atoms with Crippen molar-refractivity contribution < 1.29 is 4.79 Å². The Morgan fingerprint density at radius 2 is 1.74 bits per heavy atom. The number of hydrogen-bond acceptors (Lipinski definition) is 2. The molecule has 1 aromatic heterocycles. The van der Waals surface area contributed by atoms with Gasteiger partial charge in [0.05, 0.1) is 0 Å². The van der Waals surface area contributed by atoms with Crippen LogP contribution in [0.2, 0.25) is 5.02 Å². The second-order valence-electron chi connectivity index (χ2n) is 6.60. The number of halogens is 1. The zero-order valence-electron chi connectivity index (χ0n) is 15.5. The fourth-order valence-corrected chi connectivity index (χ4v) is 3.29. The van der Waals surface area contributed by atoms with E-state index in [1.54, 1.807) is 19.1 Å². The van der Waals surface area contributed by atoms with Gasteiger partial charge in [-0.2, -0.15) is 0 Å². The van der Waals surface area contributed by atoms with Gasteiger partial charge in [-0.1, -0.05) is 48.0 Å². The molecule has 0 fully saturated rings. The van der Waals surface area contributed by atoms with E-state index in [4.69, 9.17) is 11.6 Å². The van der Waals surface area contributed by atoms with E-state index in [0.717, 1.165) is 16.8 Å². The maximum absolute atomic E-state index is 12.9. The van der Waals surface area contributed by atoms with Gasteiger partial charge in [0.15, 0.2) is 5.43 Å². The molecule has 1 heterocycles. The molecule has 4 nitrogen and oxygen atoms in total. The number of amides is 1. The quantitative estimate of drug-likeness (QED) is 0.711. The zero-order chi connectivity index (χ0) is 19.6. The van der Waals surface area contributed by atoms with Crippen molar-refractivity contribution in [2.75, 3.05) is 5.32 Å². The monoisotopic (exact) mass is 380 g/mol. The summed E-state index contributed by atoms with van der Waals surface area (Å²) < 4.78 is 1.98. The molecule has 1 N–H and O–H groups in total. The summed E-state index contributed by atoms with van der Waals surface area (Å²) in [7, 11) is 0. The highest BCUT2D eigenvalue weighted by Crippen LogP contribution is 2.21. The molecule has 0 aliphatic carbocycles. The van der Waals surface area contributed by atoms with Crippen LogP contribution in [0.25, 0.3) is 0 Å². The number of nitrogens with zero attached hydrogens (tertiary/aromatic N) is 1. The summed E-state index contributed by atoms with van der Waals surface area (Å²) in [5.74, 6) is -0.426. The van der Waals surface area contributed by atoms with Crippen LogP contribution in [-0.2, 0) is 6.54 Å². The summed E-state index contributed by atoms with van der Waals surface area (Å²) in [4.78, 5) is 25.4. The molecule has 2 aromatic carbocycles. The Balaban J connectivity index is 2.00. The lowest BCUT2D eigenvalue weighted by Crippen LogP contribution is -2.27. The van der Waals surface area contributed by atoms with Gasteiger partial charge in [0.25, 0.3) is 5.91 Å². The molecule has 138 valence electrons. The van der Waals surface area contributed by atoms with E-state index < -0.39 is 5.91 Å². The minimum Gasteiger partial charge on any atom is -0.344 e. The molecule has 5 heteroatoms. The molecule has 27 heavy (non-hydrogen) atoms. The summed E-state index contributed by atoms with van der Waals surface area (Å²) in [6, 6.07) is 16.7. The molecule has 0 bridgehead atoms. The van der Waals surface area contributed by atoms with Crippen LogP contribution in [-0.4, -0.2) is 10.5 Å². The normalized spacial score (nSPS) is 10.7. The zero-order valence-corrected chi connectivity index (χ0v) is 16.3. The second kappa shape index (κ2) is 7.80. The van der Waals surface area contributed by atoms with Crippen molar-refractivity contribution in [2.24, 2.45) is 0 Å². The summed E-state index contributed by atoms with van der Waals surface area (Å²) in [6.45, 7) is 6.15. The highest BCUT2D eigenvalue weighted by atomic mass is 35.5. The van der Waals surface area contributed by atoms with Crippen molar-refractivity contribution >= 4 is 23.2 Å². The number of benzene rings is 2. The predicted molar refractivity (Wildman–Crippen MR) is 110 cm³/mol. The van der Waals surface area contributed by atoms with Gasteiger partial charge >= 0.3 is 0 Å². The van der Waals surface area contributed by atoms with Crippen LogP contribution < -0.4 is 10.7 Å². The number of carbonyl (C=O) groups is 1. The van der Waals surface area contributed by atoms with Crippen molar-refractivity contribution in [1.29, 1.82) is 0 Å². The molecule has 0 saturated carbocycles. The Hall–Kier alpha value is -2.85. The molecule has 1 amide bonds. The van der Waals surface area contributed by atoms with E-state index in [2.05, 4.69) is 5.32 Å². The minimum absolute atomic E-state index is 0.149. The first-order valence-corrected chi connectivity index (χ1v) is 9.07. The summed E-state index contributed by atoms with van der Waals surface area (Å²) >= 11 is 6.03. The fourth-order valence-electron chi connectivity index (χ4n) is 3.12. The predicted octanol–water partition coefficient (Wildman–Crippen LogP) is 4.73. The lowest BCUT2D eigenvalue weighted by Gasteiger charge is -2.18. The largest absolute Gasteiger partial charge is 0.344 e. The number of anilines is 1. The van der Waals surface area contributed by atoms with E-state index in [9.17, 15) is 9.59 Å². The maximum Gasteiger partial charge on any atom is 0.261 e. The third-order valence-electron chi connectivity index (χ3n) is 4.64. The Kier molecular flexibility index (Phi) is 5.47. The number of carbonyl (C=O) groups excluding carboxylic acids is 1. The third kappa shape index (κ3) is 4.12. The van der Waals surface area contributed by atoms with E-state index in [-0.39, 0.29) is 11.0 Å². The van der Waals surface area contributed by atoms with Crippen LogP contribution in [0.15, 0.2) is 59.4 Å². The Morgan fingerprint density at radius 3 is 2.44 bits per heavy atom. The molecule has 0 saturated heterocycles. The smallest absolute Gasteiger partial charge is 0.261 e. The van der Waals surface area contributed by atoms with E-state index >= 15 is 0 Å². The molecule has 0 spiro atoms. The molecule has 0 atom stereocenters. The number of aryl methyl sites for hydroxylation is 2. The Labute approximate surface area is 163 Å². The molecular formula is C22H21ClN2O2.